The molecule has 0 saturated carbocycles. The molecule has 4 rings (SSSR count). The number of para-hydroxylation sites is 2. The van der Waals surface area contributed by atoms with E-state index in [1.807, 2.05) is 48.5 Å². The number of hydrogen-bond donors (Lipinski definition) is 1. The van der Waals surface area contributed by atoms with Gasteiger partial charge in [-0.3, -0.25) is 14.3 Å². The summed E-state index contributed by atoms with van der Waals surface area (Å²) in [7, 11) is 1.75. The number of nitrogens with zero attached hydrogens (tertiary/aromatic N) is 3. The third-order valence-electron chi connectivity index (χ3n) is 4.57. The smallest absolute Gasteiger partial charge is 0.263 e. The molecule has 2 amide bonds. The van der Waals surface area contributed by atoms with Gasteiger partial charge < -0.3 is 15.0 Å². The highest BCUT2D eigenvalue weighted by Gasteiger charge is 2.34. The Balaban J connectivity index is 1.54. The maximum atomic E-state index is 13.0. The van der Waals surface area contributed by atoms with Crippen LogP contribution in [0.3, 0.4) is 0 Å². The Morgan fingerprint density at radius 2 is 1.89 bits per heavy atom. The summed E-state index contributed by atoms with van der Waals surface area (Å²) in [6.07, 6.45) is 2.38. The largest absolute Gasteiger partial charge is 0.477 e. The molecule has 0 fully saturated rings. The minimum atomic E-state index is -0.792. The van der Waals surface area contributed by atoms with E-state index in [-0.39, 0.29) is 18.4 Å². The lowest BCUT2D eigenvalue weighted by molar-refractivity contribution is -0.127. The molecule has 7 heteroatoms. The fourth-order valence-electron chi connectivity index (χ4n) is 3.15. The second-order valence-corrected chi connectivity index (χ2v) is 6.60. The number of carbonyl (C=O) groups excluding carboxylic acids is 2. The van der Waals surface area contributed by atoms with Crippen LogP contribution in [-0.2, 0) is 18.4 Å². The van der Waals surface area contributed by atoms with Crippen molar-refractivity contribution in [2.24, 2.45) is 7.05 Å². The van der Waals surface area contributed by atoms with Crippen molar-refractivity contribution in [2.45, 2.75) is 12.6 Å². The van der Waals surface area contributed by atoms with Crippen LogP contribution in [0.25, 0.3) is 0 Å². The molecule has 1 N–H and O–H groups in total. The highest BCUT2D eigenvalue weighted by Crippen LogP contribution is 2.34. The number of aryl methyl sites for hydroxylation is 1. The van der Waals surface area contributed by atoms with Gasteiger partial charge in [0.2, 0.25) is 0 Å². The first kappa shape index (κ1) is 17.8. The first-order valence-corrected chi connectivity index (χ1v) is 8.99. The molecule has 1 aliphatic rings. The zero-order chi connectivity index (χ0) is 19.5. The third-order valence-corrected chi connectivity index (χ3v) is 4.57. The van der Waals surface area contributed by atoms with Crippen LogP contribution < -0.4 is 15.0 Å². The summed E-state index contributed by atoms with van der Waals surface area (Å²) in [6.45, 7) is 0.531. The zero-order valence-electron chi connectivity index (χ0n) is 15.4. The Kier molecular flexibility index (Phi) is 4.80. The maximum absolute atomic E-state index is 13.0. The predicted octanol–water partition coefficient (Wildman–Crippen LogP) is 2.14. The Bertz CT molecular complexity index is 1000. The van der Waals surface area contributed by atoms with Crippen molar-refractivity contribution in [2.75, 3.05) is 11.4 Å². The minimum Gasteiger partial charge on any atom is -0.477 e. The van der Waals surface area contributed by atoms with Crippen molar-refractivity contribution >= 4 is 17.5 Å². The molecule has 0 radical (unpaired) electrons. The van der Waals surface area contributed by atoms with Crippen LogP contribution in [0.1, 0.15) is 15.9 Å². The summed E-state index contributed by atoms with van der Waals surface area (Å²) in [6, 6.07) is 16.9. The number of fused-ring (bicyclic) bond motifs is 1. The lowest BCUT2D eigenvalue weighted by Gasteiger charge is -2.34. The fourth-order valence-corrected chi connectivity index (χ4v) is 3.15. The van der Waals surface area contributed by atoms with Crippen LogP contribution in [0.2, 0.25) is 0 Å². The first-order chi connectivity index (χ1) is 13.6. The van der Waals surface area contributed by atoms with E-state index < -0.39 is 6.10 Å². The summed E-state index contributed by atoms with van der Waals surface area (Å²) < 4.78 is 7.45. The topological polar surface area (TPSA) is 76.5 Å². The number of ether oxygens (including phenoxy) is 1. The normalized spacial score (nSPS) is 15.5. The fraction of sp³-hybridized carbons (Fsp3) is 0.190. The van der Waals surface area contributed by atoms with Gasteiger partial charge in [0.05, 0.1) is 24.0 Å². The lowest BCUT2D eigenvalue weighted by atomic mass is 10.1. The van der Waals surface area contributed by atoms with Gasteiger partial charge in [0.25, 0.3) is 11.8 Å². The zero-order valence-corrected chi connectivity index (χ0v) is 15.4. The van der Waals surface area contributed by atoms with E-state index >= 15 is 0 Å². The van der Waals surface area contributed by atoms with Crippen LogP contribution in [0.15, 0.2) is 67.0 Å². The van der Waals surface area contributed by atoms with E-state index in [1.165, 1.54) is 6.20 Å². The number of amides is 2. The molecular weight excluding hydrogens is 356 g/mol. The van der Waals surface area contributed by atoms with Crippen molar-refractivity contribution in [1.29, 1.82) is 0 Å². The molecule has 0 spiro atoms. The SMILES string of the molecule is Cn1cc(C(=O)N2C[C@H](C(=O)NCc3ccccc3)Oc3ccccc32)cn1. The van der Waals surface area contributed by atoms with E-state index in [9.17, 15) is 9.59 Å². The summed E-state index contributed by atoms with van der Waals surface area (Å²) in [5.74, 6) is 0.0258. The Morgan fingerprint density at radius 3 is 2.64 bits per heavy atom. The molecule has 1 aliphatic heterocycles. The molecule has 28 heavy (non-hydrogen) atoms. The van der Waals surface area contributed by atoms with Gasteiger partial charge in [0.1, 0.15) is 5.75 Å². The molecule has 2 heterocycles. The highest BCUT2D eigenvalue weighted by molar-refractivity contribution is 6.07. The van der Waals surface area contributed by atoms with Crippen LogP contribution in [0.4, 0.5) is 5.69 Å². The second-order valence-electron chi connectivity index (χ2n) is 6.60. The standard InChI is InChI=1S/C21H20N4O3/c1-24-13-16(12-23-24)21(27)25-14-19(28-18-10-6-5-9-17(18)25)20(26)22-11-15-7-3-2-4-8-15/h2-10,12-13,19H,11,14H2,1H3,(H,22,26)/t19-/m1/s1. The second kappa shape index (κ2) is 7.56. The van der Waals surface area contributed by atoms with Gasteiger partial charge in [-0.2, -0.15) is 5.10 Å². The number of rotatable bonds is 4. The van der Waals surface area contributed by atoms with Crippen molar-refractivity contribution < 1.29 is 14.3 Å². The number of carbonyl (C=O) groups is 2. The maximum Gasteiger partial charge on any atom is 0.263 e. The summed E-state index contributed by atoms with van der Waals surface area (Å²) in [5, 5.41) is 6.95. The van der Waals surface area contributed by atoms with Crippen LogP contribution >= 0.6 is 0 Å². The van der Waals surface area contributed by atoms with Gasteiger partial charge in [-0.15, -0.1) is 0 Å². The number of benzene rings is 2. The van der Waals surface area contributed by atoms with Crippen molar-refractivity contribution in [3.05, 3.63) is 78.1 Å². The van der Waals surface area contributed by atoms with Crippen molar-refractivity contribution in [3.63, 3.8) is 0 Å². The van der Waals surface area contributed by atoms with E-state index in [2.05, 4.69) is 10.4 Å². The van der Waals surface area contributed by atoms with Gasteiger partial charge in [-0.1, -0.05) is 42.5 Å². The Labute approximate surface area is 162 Å². The monoisotopic (exact) mass is 376 g/mol. The molecule has 1 aromatic heterocycles. The van der Waals surface area contributed by atoms with Crippen molar-refractivity contribution in [3.8, 4) is 5.75 Å². The van der Waals surface area contributed by atoms with Gasteiger partial charge in [0.15, 0.2) is 6.10 Å². The van der Waals surface area contributed by atoms with Crippen LogP contribution in [0, 0.1) is 0 Å². The summed E-state index contributed by atoms with van der Waals surface area (Å²) in [5.41, 5.74) is 2.10. The third kappa shape index (κ3) is 3.59. The Hall–Kier alpha value is -3.61. The van der Waals surface area contributed by atoms with Gasteiger partial charge in [0, 0.05) is 19.8 Å². The molecule has 2 aromatic carbocycles. The van der Waals surface area contributed by atoms with Gasteiger partial charge in [-0.25, -0.2) is 0 Å². The minimum absolute atomic E-state index is 0.130. The van der Waals surface area contributed by atoms with Crippen molar-refractivity contribution in [1.82, 2.24) is 15.1 Å². The average Bonchev–Trinajstić information content (AvgIpc) is 3.17. The van der Waals surface area contributed by atoms with Crippen LogP contribution in [-0.4, -0.2) is 34.2 Å². The molecule has 3 aromatic rings. The average molecular weight is 376 g/mol. The molecule has 0 bridgehead atoms. The molecule has 0 unspecified atom stereocenters. The summed E-state index contributed by atoms with van der Waals surface area (Å²) in [4.78, 5) is 27.3. The van der Waals surface area contributed by atoms with E-state index in [0.29, 0.717) is 23.5 Å². The number of aromatic nitrogens is 2. The molecule has 0 saturated heterocycles. The molecule has 0 aliphatic carbocycles. The van der Waals surface area contributed by atoms with Gasteiger partial charge >= 0.3 is 0 Å². The number of anilines is 1. The lowest BCUT2D eigenvalue weighted by Crippen LogP contribution is -2.50. The predicted molar refractivity (Wildman–Crippen MR) is 104 cm³/mol. The molecule has 142 valence electrons. The van der Waals surface area contributed by atoms with E-state index in [1.54, 1.807) is 28.9 Å². The van der Waals surface area contributed by atoms with Crippen LogP contribution in [0.5, 0.6) is 5.75 Å². The van der Waals surface area contributed by atoms with Gasteiger partial charge in [-0.05, 0) is 17.7 Å². The summed E-state index contributed by atoms with van der Waals surface area (Å²) >= 11 is 0. The number of hydrogen-bond acceptors (Lipinski definition) is 4. The highest BCUT2D eigenvalue weighted by atomic mass is 16.5. The quantitative estimate of drug-likeness (QED) is 0.757. The Morgan fingerprint density at radius 1 is 1.14 bits per heavy atom. The molecular formula is C21H20N4O3. The van der Waals surface area contributed by atoms with E-state index in [4.69, 9.17) is 4.74 Å². The molecule has 7 nitrogen and oxygen atoms in total. The first-order valence-electron chi connectivity index (χ1n) is 8.99. The molecule has 1 atom stereocenters. The number of nitrogens with one attached hydrogen (secondary N) is 1. The van der Waals surface area contributed by atoms with E-state index in [0.717, 1.165) is 5.56 Å².